The van der Waals surface area contributed by atoms with Gasteiger partial charge in [-0.2, -0.15) is 0 Å². The molecule has 0 amide bonds. The van der Waals surface area contributed by atoms with Crippen molar-refractivity contribution in [3.05, 3.63) is 0 Å². The highest BCUT2D eigenvalue weighted by molar-refractivity contribution is 7.52. The third-order valence-electron chi connectivity index (χ3n) is 0.753. The van der Waals surface area contributed by atoms with E-state index in [-0.39, 0.29) is 6.42 Å². The van der Waals surface area contributed by atoms with Crippen LogP contribution in [-0.4, -0.2) is 30.5 Å². The Balaban J connectivity index is 0. The van der Waals surface area contributed by atoms with Gasteiger partial charge in [0.05, 0.1) is 0 Å². The van der Waals surface area contributed by atoms with Gasteiger partial charge in [0, 0.05) is 4.57 Å². The summed E-state index contributed by atoms with van der Waals surface area (Å²) in [4.78, 5) is 30.5. The lowest BCUT2D eigenvalue weighted by molar-refractivity contribution is 0.199. The van der Waals surface area contributed by atoms with Crippen LogP contribution in [0.5, 0.6) is 0 Å². The third-order valence-corrected chi connectivity index (χ3v) is 1.90. The first kappa shape index (κ1) is 14.6. The molecule has 0 bridgehead atoms. The Morgan fingerprint density at radius 3 is 1.67 bits per heavy atom. The fraction of sp³-hybridized carbons (Fsp3) is 1.00. The maximum atomic E-state index is 10.0. The molecule has 0 saturated heterocycles. The largest absolute Gasteiger partial charge is 0.692 e. The van der Waals surface area contributed by atoms with E-state index in [1.54, 1.807) is 0 Å². The van der Waals surface area contributed by atoms with Crippen LogP contribution in [0.4, 0.5) is 0 Å². The van der Waals surface area contributed by atoms with Gasteiger partial charge in [0.15, 0.2) is 5.85 Å². The van der Waals surface area contributed by atoms with Crippen LogP contribution in [0.2, 0.25) is 0 Å². The fourth-order valence-electron chi connectivity index (χ4n) is 0.238. The van der Waals surface area contributed by atoms with Crippen LogP contribution in [0.15, 0.2) is 0 Å². The summed E-state index contributed by atoms with van der Waals surface area (Å²) in [6.07, 6.45) is 0.0876. The van der Waals surface area contributed by atoms with E-state index in [1.807, 2.05) is 0 Å². The van der Waals surface area contributed by atoms with Gasteiger partial charge in [-0.3, -0.25) is 4.57 Å². The van der Waals surface area contributed by atoms with Crippen molar-refractivity contribution in [3.63, 3.8) is 0 Å². The van der Waals surface area contributed by atoms with E-state index in [9.17, 15) is 4.57 Å². The maximum absolute atomic E-state index is 10.0. The van der Waals surface area contributed by atoms with Crippen molar-refractivity contribution in [1.82, 2.24) is 0 Å². The van der Waals surface area contributed by atoms with E-state index in [2.05, 4.69) is 0 Å². The normalized spacial score (nSPS) is 12.8. The minimum absolute atomic E-state index is 0.0876. The molecule has 0 aliphatic carbocycles. The van der Waals surface area contributed by atoms with Crippen LogP contribution in [-0.2, 0) is 9.13 Å². The summed E-state index contributed by atoms with van der Waals surface area (Å²) in [7, 11) is -7.07. The molecule has 1 atom stereocenters. The quantitative estimate of drug-likeness (QED) is 0.397. The van der Waals surface area contributed by atoms with Crippen molar-refractivity contribution in [2.45, 2.75) is 19.2 Å². The SMILES string of the molecule is CCC(O)P(=O)(O)O.O=[P+](O)O. The average molecular weight is 221 g/mol. The predicted octanol–water partition coefficient (Wildman–Crippen LogP) is -0.479. The first-order valence-electron chi connectivity index (χ1n) is 2.80. The highest BCUT2D eigenvalue weighted by Gasteiger charge is 2.23. The van der Waals surface area contributed by atoms with Crippen LogP contribution < -0.4 is 0 Å². The molecule has 9 heteroatoms. The molecule has 5 N–H and O–H groups in total. The first-order chi connectivity index (χ1) is 5.21. The van der Waals surface area contributed by atoms with E-state index in [1.165, 1.54) is 6.92 Å². The van der Waals surface area contributed by atoms with Crippen molar-refractivity contribution in [2.75, 3.05) is 0 Å². The summed E-state index contributed by atoms with van der Waals surface area (Å²) >= 11 is 0. The van der Waals surface area contributed by atoms with E-state index in [0.29, 0.717) is 0 Å². The summed E-state index contributed by atoms with van der Waals surface area (Å²) in [5.74, 6) is -1.48. The van der Waals surface area contributed by atoms with E-state index in [4.69, 9.17) is 29.2 Å². The molecule has 0 rings (SSSR count). The highest BCUT2D eigenvalue weighted by atomic mass is 31.2. The second kappa shape index (κ2) is 6.62. The van der Waals surface area contributed by atoms with Gasteiger partial charge < -0.3 is 14.9 Å². The zero-order chi connectivity index (χ0) is 10.4. The Kier molecular flexibility index (Phi) is 8.08. The molecule has 0 aromatic carbocycles. The van der Waals surface area contributed by atoms with Crippen molar-refractivity contribution in [3.8, 4) is 0 Å². The second-order valence-electron chi connectivity index (χ2n) is 1.73. The van der Waals surface area contributed by atoms with Crippen molar-refractivity contribution in [2.24, 2.45) is 0 Å². The first-order valence-corrected chi connectivity index (χ1v) is 5.64. The number of aliphatic hydroxyl groups is 1. The van der Waals surface area contributed by atoms with Gasteiger partial charge in [-0.25, -0.2) is 0 Å². The predicted molar refractivity (Wildman–Crippen MR) is 40.4 cm³/mol. The van der Waals surface area contributed by atoms with Gasteiger partial charge >= 0.3 is 15.9 Å². The highest BCUT2D eigenvalue weighted by Crippen LogP contribution is 2.40. The number of aliphatic hydroxyl groups excluding tert-OH is 1. The topological polar surface area (TPSA) is 135 Å². The van der Waals surface area contributed by atoms with Crippen molar-refractivity contribution < 1.29 is 33.8 Å². The zero-order valence-electron chi connectivity index (χ0n) is 6.23. The molecule has 0 spiro atoms. The van der Waals surface area contributed by atoms with Crippen molar-refractivity contribution in [1.29, 1.82) is 0 Å². The summed E-state index contributed by atoms with van der Waals surface area (Å²) in [5.41, 5.74) is 0. The molecule has 0 heterocycles. The molecule has 0 saturated carbocycles. The summed E-state index contributed by atoms with van der Waals surface area (Å²) < 4.78 is 18.7. The lowest BCUT2D eigenvalue weighted by Gasteiger charge is -2.07. The minimum atomic E-state index is -4.20. The lowest BCUT2D eigenvalue weighted by atomic mass is 10.5. The molecule has 12 heavy (non-hydrogen) atoms. The van der Waals surface area contributed by atoms with Crippen LogP contribution >= 0.6 is 15.9 Å². The molecule has 0 aliphatic rings. The van der Waals surface area contributed by atoms with Gasteiger partial charge in [-0.15, -0.1) is 9.79 Å². The monoisotopic (exact) mass is 221 g/mol. The van der Waals surface area contributed by atoms with Crippen LogP contribution in [0, 0.1) is 0 Å². The van der Waals surface area contributed by atoms with Crippen LogP contribution in [0.1, 0.15) is 13.3 Å². The Hall–Kier alpha value is 0.130. The van der Waals surface area contributed by atoms with Crippen molar-refractivity contribution >= 4 is 15.9 Å². The van der Waals surface area contributed by atoms with Crippen LogP contribution in [0.25, 0.3) is 0 Å². The summed E-state index contributed by atoms with van der Waals surface area (Å²) in [6.45, 7) is 1.50. The smallest absolute Gasteiger partial charge is 0.380 e. The van der Waals surface area contributed by atoms with Gasteiger partial charge in [-0.05, 0) is 6.42 Å². The Morgan fingerprint density at radius 1 is 1.42 bits per heavy atom. The summed E-state index contributed by atoms with van der Waals surface area (Å²) in [5, 5.41) is 8.43. The van der Waals surface area contributed by atoms with E-state index < -0.39 is 21.7 Å². The maximum Gasteiger partial charge on any atom is 0.692 e. The van der Waals surface area contributed by atoms with Gasteiger partial charge in [0.2, 0.25) is 0 Å². The Labute approximate surface area is 69.8 Å². The molecule has 7 nitrogen and oxygen atoms in total. The molecule has 0 radical (unpaired) electrons. The number of rotatable bonds is 2. The fourth-order valence-corrected chi connectivity index (χ4v) is 0.714. The lowest BCUT2D eigenvalue weighted by Crippen LogP contribution is -2.03. The summed E-state index contributed by atoms with van der Waals surface area (Å²) in [6, 6.07) is 0. The zero-order valence-corrected chi connectivity index (χ0v) is 8.02. The second-order valence-corrected chi connectivity index (χ2v) is 4.01. The molecule has 0 aromatic heterocycles. The third kappa shape index (κ3) is 12.8. The molecular weight excluding hydrogens is 210 g/mol. The molecule has 0 fully saturated rings. The van der Waals surface area contributed by atoms with Gasteiger partial charge in [-0.1, -0.05) is 6.92 Å². The molecule has 0 aromatic rings. The number of hydrogen-bond donors (Lipinski definition) is 5. The molecule has 1 unspecified atom stereocenters. The Bertz CT molecular complexity index is 169. The molecular formula is C3H11O7P2+. The standard InChI is InChI=1S/C3H9O4P.HO3P/c1-2-3(4)8(5,6)7;1-4(2)3/h3-4H,2H2,1H3,(H2,5,6,7);(H-,1,2,3)/p+1. The van der Waals surface area contributed by atoms with Gasteiger partial charge in [0.25, 0.3) is 0 Å². The molecule has 0 aliphatic heterocycles. The van der Waals surface area contributed by atoms with Crippen LogP contribution in [0.3, 0.4) is 0 Å². The number of hydrogen-bond acceptors (Lipinski definition) is 3. The molecule has 74 valence electrons. The Morgan fingerprint density at radius 2 is 1.67 bits per heavy atom. The van der Waals surface area contributed by atoms with E-state index >= 15 is 0 Å². The van der Waals surface area contributed by atoms with Gasteiger partial charge in [0.1, 0.15) is 0 Å². The average Bonchev–Trinajstić information content (AvgIpc) is 1.82. The van der Waals surface area contributed by atoms with E-state index in [0.717, 1.165) is 0 Å². The minimum Gasteiger partial charge on any atom is -0.380 e.